The SMILES string of the molecule is Nc1nc(N)c2cnn(C3Cc4ccccc4N(S(=O)(=O)c4ccc(C(F)(F)F)cc4Cl)C3)c2n1. The molecule has 3 heterocycles. The van der Waals surface area contributed by atoms with Gasteiger partial charge in [-0.1, -0.05) is 29.8 Å². The maximum absolute atomic E-state index is 13.7. The Kier molecular flexibility index (Phi) is 5.29. The second kappa shape index (κ2) is 7.99. The van der Waals surface area contributed by atoms with Crippen LogP contribution in [0.15, 0.2) is 53.6 Å². The molecule has 0 aliphatic carbocycles. The van der Waals surface area contributed by atoms with Crippen molar-refractivity contribution in [3.8, 4) is 0 Å². The summed E-state index contributed by atoms with van der Waals surface area (Å²) in [6.45, 7) is -0.0860. The van der Waals surface area contributed by atoms with Crippen LogP contribution in [0.3, 0.4) is 0 Å². The standard InChI is InChI=1S/C21H17ClF3N7O2S/c22-15-8-12(21(23,24)25)5-6-17(15)35(33,34)31-10-13(7-11-3-1-2-4-16(11)31)32-19-14(9-28-32)18(26)29-20(27)30-19/h1-6,8-9,13H,7,10H2,(H4,26,27,29,30). The van der Waals surface area contributed by atoms with Crippen molar-refractivity contribution in [3.05, 3.63) is 64.8 Å². The summed E-state index contributed by atoms with van der Waals surface area (Å²) in [5, 5.41) is 4.27. The quantitative estimate of drug-likeness (QED) is 0.418. The number of halogens is 4. The molecule has 0 fully saturated rings. The summed E-state index contributed by atoms with van der Waals surface area (Å²) in [5.74, 6) is 0.0740. The summed E-state index contributed by atoms with van der Waals surface area (Å²) in [5.41, 5.74) is 12.0. The number of fused-ring (bicyclic) bond motifs is 2. The molecule has 14 heteroatoms. The molecule has 0 bridgehead atoms. The number of alkyl halides is 3. The summed E-state index contributed by atoms with van der Waals surface area (Å²) >= 11 is 6.05. The molecule has 0 radical (unpaired) electrons. The van der Waals surface area contributed by atoms with E-state index in [-0.39, 0.29) is 18.3 Å². The molecule has 4 aromatic rings. The minimum Gasteiger partial charge on any atom is -0.383 e. The van der Waals surface area contributed by atoms with Gasteiger partial charge >= 0.3 is 6.18 Å². The van der Waals surface area contributed by atoms with Crippen molar-refractivity contribution in [2.24, 2.45) is 0 Å². The number of benzene rings is 2. The summed E-state index contributed by atoms with van der Waals surface area (Å²) < 4.78 is 69.3. The zero-order chi connectivity index (χ0) is 25.1. The van der Waals surface area contributed by atoms with E-state index in [2.05, 4.69) is 15.1 Å². The lowest BCUT2D eigenvalue weighted by Crippen LogP contribution is -2.41. The fourth-order valence-electron chi connectivity index (χ4n) is 4.16. The third-order valence-electron chi connectivity index (χ3n) is 5.77. The molecule has 1 unspecified atom stereocenters. The molecular weight excluding hydrogens is 507 g/mol. The molecule has 182 valence electrons. The van der Waals surface area contributed by atoms with Gasteiger partial charge in [-0.2, -0.15) is 28.2 Å². The summed E-state index contributed by atoms with van der Waals surface area (Å²) in [6, 6.07) is 8.46. The third kappa shape index (κ3) is 3.90. The number of nitrogen functional groups attached to an aromatic ring is 2. The molecule has 0 saturated carbocycles. The van der Waals surface area contributed by atoms with Gasteiger partial charge < -0.3 is 11.5 Å². The van der Waals surface area contributed by atoms with E-state index >= 15 is 0 Å². The van der Waals surface area contributed by atoms with Crippen molar-refractivity contribution < 1.29 is 21.6 Å². The van der Waals surface area contributed by atoms with Crippen LogP contribution in [0, 0.1) is 0 Å². The molecular formula is C21H17ClF3N7O2S. The van der Waals surface area contributed by atoms with Crippen molar-refractivity contribution in [3.63, 3.8) is 0 Å². The van der Waals surface area contributed by atoms with Gasteiger partial charge in [-0.25, -0.2) is 13.1 Å². The Morgan fingerprint density at radius 2 is 1.83 bits per heavy atom. The van der Waals surface area contributed by atoms with Crippen LogP contribution in [0.5, 0.6) is 0 Å². The molecule has 0 saturated heterocycles. The molecule has 2 aromatic heterocycles. The minimum absolute atomic E-state index is 0.0611. The van der Waals surface area contributed by atoms with Crippen LogP contribution in [0.25, 0.3) is 11.0 Å². The van der Waals surface area contributed by atoms with Gasteiger partial charge in [0.1, 0.15) is 10.7 Å². The van der Waals surface area contributed by atoms with Crippen LogP contribution >= 0.6 is 11.6 Å². The molecule has 2 aromatic carbocycles. The van der Waals surface area contributed by atoms with Gasteiger partial charge in [0.2, 0.25) is 5.95 Å². The number of para-hydroxylation sites is 1. The Hall–Kier alpha value is -3.58. The van der Waals surface area contributed by atoms with E-state index in [0.717, 1.165) is 10.4 Å². The van der Waals surface area contributed by atoms with Gasteiger partial charge in [0.25, 0.3) is 10.0 Å². The third-order valence-corrected chi connectivity index (χ3v) is 8.03. The number of hydrogen-bond acceptors (Lipinski definition) is 7. The number of anilines is 3. The van der Waals surface area contributed by atoms with Crippen LogP contribution < -0.4 is 15.8 Å². The van der Waals surface area contributed by atoms with Crippen molar-refractivity contribution in [2.45, 2.75) is 23.5 Å². The lowest BCUT2D eigenvalue weighted by atomic mass is 10.00. The largest absolute Gasteiger partial charge is 0.416 e. The highest BCUT2D eigenvalue weighted by Crippen LogP contribution is 2.39. The van der Waals surface area contributed by atoms with Crippen LogP contribution in [-0.4, -0.2) is 34.7 Å². The Balaban J connectivity index is 1.62. The number of nitrogens with two attached hydrogens (primary N) is 2. The molecule has 0 spiro atoms. The Morgan fingerprint density at radius 1 is 1.09 bits per heavy atom. The average molecular weight is 524 g/mol. The van der Waals surface area contributed by atoms with Gasteiger partial charge in [0.15, 0.2) is 5.65 Å². The molecule has 1 aliphatic rings. The fourth-order valence-corrected chi connectivity index (χ4v) is 6.22. The van der Waals surface area contributed by atoms with E-state index in [1.165, 1.54) is 10.9 Å². The normalized spacial score (nSPS) is 16.5. The molecule has 5 rings (SSSR count). The molecule has 35 heavy (non-hydrogen) atoms. The van der Waals surface area contributed by atoms with E-state index in [1.54, 1.807) is 24.3 Å². The average Bonchev–Trinajstić information content (AvgIpc) is 3.21. The lowest BCUT2D eigenvalue weighted by Gasteiger charge is -2.35. The van der Waals surface area contributed by atoms with E-state index in [0.29, 0.717) is 40.8 Å². The first kappa shape index (κ1) is 23.2. The Bertz CT molecular complexity index is 1570. The highest BCUT2D eigenvalue weighted by Gasteiger charge is 2.37. The molecule has 1 aliphatic heterocycles. The summed E-state index contributed by atoms with van der Waals surface area (Å²) in [6.07, 6.45) is -2.79. The second-order valence-corrected chi connectivity index (χ2v) is 10.2. The van der Waals surface area contributed by atoms with Crippen molar-refractivity contribution in [1.29, 1.82) is 0 Å². The van der Waals surface area contributed by atoms with E-state index in [9.17, 15) is 21.6 Å². The van der Waals surface area contributed by atoms with E-state index in [1.807, 2.05) is 0 Å². The molecule has 1 atom stereocenters. The number of rotatable bonds is 3. The van der Waals surface area contributed by atoms with Crippen LogP contribution in [0.4, 0.5) is 30.6 Å². The summed E-state index contributed by atoms with van der Waals surface area (Å²) in [4.78, 5) is 7.68. The van der Waals surface area contributed by atoms with Gasteiger partial charge in [0.05, 0.1) is 40.4 Å². The van der Waals surface area contributed by atoms with E-state index in [4.69, 9.17) is 23.1 Å². The zero-order valence-electron chi connectivity index (χ0n) is 17.7. The highest BCUT2D eigenvalue weighted by atomic mass is 35.5. The highest BCUT2D eigenvalue weighted by molar-refractivity contribution is 7.93. The number of hydrogen-bond donors (Lipinski definition) is 2. The predicted octanol–water partition coefficient (Wildman–Crippen LogP) is 3.66. The molecule has 0 amide bonds. The van der Waals surface area contributed by atoms with Crippen molar-refractivity contribution >= 4 is 50.1 Å². The van der Waals surface area contributed by atoms with E-state index < -0.39 is 37.7 Å². The number of nitrogens with zero attached hydrogens (tertiary/aromatic N) is 5. The van der Waals surface area contributed by atoms with Gasteiger partial charge in [-0.3, -0.25) is 4.31 Å². The number of aromatic nitrogens is 4. The van der Waals surface area contributed by atoms with Crippen LogP contribution in [0.1, 0.15) is 17.2 Å². The van der Waals surface area contributed by atoms with Crippen molar-refractivity contribution in [2.75, 3.05) is 22.3 Å². The first-order valence-electron chi connectivity index (χ1n) is 10.2. The smallest absolute Gasteiger partial charge is 0.383 e. The first-order valence-corrected chi connectivity index (χ1v) is 12.0. The van der Waals surface area contributed by atoms with Crippen LogP contribution in [0.2, 0.25) is 5.02 Å². The maximum Gasteiger partial charge on any atom is 0.416 e. The topological polar surface area (TPSA) is 133 Å². The fraction of sp³-hybridized carbons (Fsp3) is 0.190. The monoisotopic (exact) mass is 523 g/mol. The van der Waals surface area contributed by atoms with Crippen LogP contribution in [-0.2, 0) is 22.6 Å². The molecule has 9 nitrogen and oxygen atoms in total. The van der Waals surface area contributed by atoms with Gasteiger partial charge in [0, 0.05) is 0 Å². The maximum atomic E-state index is 13.7. The zero-order valence-corrected chi connectivity index (χ0v) is 19.3. The predicted molar refractivity (Wildman–Crippen MR) is 124 cm³/mol. The lowest BCUT2D eigenvalue weighted by molar-refractivity contribution is -0.137. The Morgan fingerprint density at radius 3 is 2.54 bits per heavy atom. The first-order chi connectivity index (χ1) is 16.5. The molecule has 4 N–H and O–H groups in total. The van der Waals surface area contributed by atoms with Gasteiger partial charge in [-0.05, 0) is 36.2 Å². The second-order valence-electron chi connectivity index (χ2n) is 7.96. The van der Waals surface area contributed by atoms with Gasteiger partial charge in [-0.15, -0.1) is 0 Å². The Labute approximate surface area is 202 Å². The number of sulfonamides is 1. The summed E-state index contributed by atoms with van der Waals surface area (Å²) in [7, 11) is -4.35. The minimum atomic E-state index is -4.67. The van der Waals surface area contributed by atoms with Crippen molar-refractivity contribution in [1.82, 2.24) is 19.7 Å².